The van der Waals surface area contributed by atoms with Crippen molar-refractivity contribution < 1.29 is 18.8 Å². The van der Waals surface area contributed by atoms with Gasteiger partial charge in [0.1, 0.15) is 11.6 Å². The van der Waals surface area contributed by atoms with Gasteiger partial charge in [0.25, 0.3) is 0 Å². The summed E-state index contributed by atoms with van der Waals surface area (Å²) in [4.78, 5) is 26.7. The topological polar surface area (TPSA) is 76.7 Å². The molecule has 2 aromatic carbocycles. The van der Waals surface area contributed by atoms with Crippen molar-refractivity contribution in [1.82, 2.24) is 5.32 Å². The molecule has 0 saturated carbocycles. The predicted octanol–water partition coefficient (Wildman–Crippen LogP) is 5.92. The third-order valence-electron chi connectivity index (χ3n) is 7.43. The average molecular weight is 529 g/mol. The lowest BCUT2D eigenvalue weighted by Crippen LogP contribution is -2.59. The maximum absolute atomic E-state index is 13.9. The lowest BCUT2D eigenvalue weighted by atomic mass is 9.88. The predicted molar refractivity (Wildman–Crippen MR) is 151 cm³/mol. The quantitative estimate of drug-likeness (QED) is 0.311. The molecule has 0 aliphatic carbocycles. The molecule has 1 atom stereocenters. The molecule has 36 heavy (non-hydrogen) atoms. The van der Waals surface area contributed by atoms with E-state index in [0.717, 1.165) is 28.3 Å². The van der Waals surface area contributed by atoms with E-state index in [2.05, 4.69) is 44.5 Å². The van der Waals surface area contributed by atoms with Crippen molar-refractivity contribution in [3.63, 3.8) is 0 Å². The van der Waals surface area contributed by atoms with Crippen LogP contribution in [0, 0.1) is 0 Å². The molecule has 0 radical (unpaired) electrons. The molecule has 196 valence electrons. The van der Waals surface area contributed by atoms with Gasteiger partial charge >= 0.3 is 5.97 Å². The molecule has 1 aliphatic heterocycles. The Bertz CT molecular complexity index is 1030. The molecular formula is C28H40N2O4SSi. The molecule has 1 fully saturated rings. The van der Waals surface area contributed by atoms with Gasteiger partial charge < -0.3 is 14.5 Å². The van der Waals surface area contributed by atoms with Crippen LogP contribution < -0.4 is 10.6 Å². The lowest BCUT2D eigenvalue weighted by Gasteiger charge is -2.39. The standard InChI is InChI=1S/C28H40N2O4SSi/c1-27(2,3)36(5,6)34-20-22-14-10-11-15-23(22)29-26(32)28(16-18-35-19-17-28)30-24(25(31)33-4)21-12-8-7-9-13-21/h7-15,24,30H,16-20H2,1-6H3,(H,29,32)/t24-/m0/s1. The van der Waals surface area contributed by atoms with E-state index in [1.54, 1.807) is 0 Å². The van der Waals surface area contributed by atoms with Gasteiger partial charge in [-0.1, -0.05) is 69.3 Å². The van der Waals surface area contributed by atoms with Crippen LogP contribution in [0.3, 0.4) is 0 Å². The SMILES string of the molecule is COC(=O)[C@@H](NC1(C(=O)Nc2ccccc2CO[Si](C)(C)C(C)(C)C)CCSCC1)c1ccccc1. The molecule has 1 heterocycles. The van der Waals surface area contributed by atoms with Crippen LogP contribution in [-0.2, 0) is 25.4 Å². The van der Waals surface area contributed by atoms with Gasteiger partial charge in [-0.25, -0.2) is 4.79 Å². The van der Waals surface area contributed by atoms with E-state index < -0.39 is 25.9 Å². The first-order valence-electron chi connectivity index (χ1n) is 12.5. The number of carbonyl (C=O) groups is 2. The summed E-state index contributed by atoms with van der Waals surface area (Å²) in [6, 6.07) is 16.5. The van der Waals surface area contributed by atoms with Gasteiger partial charge in [-0.2, -0.15) is 11.8 Å². The second kappa shape index (κ2) is 11.9. The fraction of sp³-hybridized carbons (Fsp3) is 0.500. The minimum absolute atomic E-state index is 0.0965. The number of esters is 1. The van der Waals surface area contributed by atoms with Crippen LogP contribution in [0.25, 0.3) is 0 Å². The van der Waals surface area contributed by atoms with Gasteiger partial charge in [-0.3, -0.25) is 10.1 Å². The molecule has 6 nitrogen and oxygen atoms in total. The summed E-state index contributed by atoms with van der Waals surface area (Å²) in [5, 5.41) is 6.71. The zero-order valence-electron chi connectivity index (χ0n) is 22.4. The summed E-state index contributed by atoms with van der Waals surface area (Å²) in [6.07, 6.45) is 1.24. The first-order valence-corrected chi connectivity index (χ1v) is 16.6. The van der Waals surface area contributed by atoms with E-state index in [1.165, 1.54) is 7.11 Å². The Morgan fingerprint density at radius 3 is 2.25 bits per heavy atom. The Morgan fingerprint density at radius 1 is 1.03 bits per heavy atom. The minimum atomic E-state index is -1.95. The van der Waals surface area contributed by atoms with Crippen molar-refractivity contribution in [2.45, 2.75) is 69.9 Å². The molecule has 0 aromatic heterocycles. The van der Waals surface area contributed by atoms with E-state index in [-0.39, 0.29) is 10.9 Å². The number of hydrogen-bond donors (Lipinski definition) is 2. The van der Waals surface area contributed by atoms with Crippen LogP contribution in [0.15, 0.2) is 54.6 Å². The molecule has 8 heteroatoms. The molecule has 3 rings (SSSR count). The number of carbonyl (C=O) groups excluding carboxylic acids is 2. The van der Waals surface area contributed by atoms with Crippen LogP contribution >= 0.6 is 11.8 Å². The highest BCUT2D eigenvalue weighted by molar-refractivity contribution is 7.99. The maximum Gasteiger partial charge on any atom is 0.327 e. The molecule has 1 saturated heterocycles. The summed E-state index contributed by atoms with van der Waals surface area (Å²) in [5.74, 6) is 1.13. The monoisotopic (exact) mass is 528 g/mol. The molecule has 1 amide bonds. The number of ether oxygens (including phenoxy) is 1. The van der Waals surface area contributed by atoms with Gasteiger partial charge in [-0.15, -0.1) is 0 Å². The van der Waals surface area contributed by atoms with Crippen LogP contribution in [-0.4, -0.2) is 44.3 Å². The first-order chi connectivity index (χ1) is 17.0. The van der Waals surface area contributed by atoms with Gasteiger partial charge in [0.05, 0.1) is 13.7 Å². The third kappa shape index (κ3) is 6.79. The number of para-hydroxylation sites is 1. The summed E-state index contributed by atoms with van der Waals surface area (Å²) in [6.45, 7) is 11.5. The van der Waals surface area contributed by atoms with Crippen molar-refractivity contribution in [2.75, 3.05) is 23.9 Å². The van der Waals surface area contributed by atoms with Crippen molar-refractivity contribution in [3.05, 3.63) is 65.7 Å². The minimum Gasteiger partial charge on any atom is -0.468 e. The summed E-state index contributed by atoms with van der Waals surface area (Å²) in [7, 11) is -0.576. The van der Waals surface area contributed by atoms with Crippen molar-refractivity contribution in [1.29, 1.82) is 0 Å². The van der Waals surface area contributed by atoms with Gasteiger partial charge in [0.15, 0.2) is 8.32 Å². The Hall–Kier alpha value is -2.13. The Kier molecular flexibility index (Phi) is 9.43. The number of methoxy groups -OCH3 is 1. The summed E-state index contributed by atoms with van der Waals surface area (Å²) < 4.78 is 11.6. The molecule has 0 bridgehead atoms. The van der Waals surface area contributed by atoms with Gasteiger partial charge in [0.2, 0.25) is 5.91 Å². The highest BCUT2D eigenvalue weighted by atomic mass is 32.2. The van der Waals surface area contributed by atoms with Crippen LogP contribution in [0.2, 0.25) is 18.1 Å². The number of rotatable bonds is 9. The van der Waals surface area contributed by atoms with Crippen molar-refractivity contribution in [3.8, 4) is 0 Å². The molecular weight excluding hydrogens is 488 g/mol. The average Bonchev–Trinajstić information content (AvgIpc) is 2.86. The second-order valence-corrected chi connectivity index (χ2v) is 16.9. The molecule has 0 spiro atoms. The van der Waals surface area contributed by atoms with Gasteiger partial charge in [-0.05, 0) is 59.7 Å². The van der Waals surface area contributed by atoms with E-state index in [0.29, 0.717) is 19.4 Å². The largest absolute Gasteiger partial charge is 0.468 e. The second-order valence-electron chi connectivity index (χ2n) is 10.9. The number of anilines is 1. The van der Waals surface area contributed by atoms with Crippen LogP contribution in [0.4, 0.5) is 5.69 Å². The zero-order chi connectivity index (χ0) is 26.4. The normalized spacial score (nSPS) is 16.7. The maximum atomic E-state index is 13.9. The molecule has 0 unspecified atom stereocenters. The summed E-state index contributed by atoms with van der Waals surface area (Å²) >= 11 is 1.82. The Labute approximate surface area is 221 Å². The molecule has 2 aromatic rings. The lowest BCUT2D eigenvalue weighted by molar-refractivity contribution is -0.144. The fourth-order valence-corrected chi connectivity index (χ4v) is 6.10. The van der Waals surface area contributed by atoms with Crippen molar-refractivity contribution >= 4 is 37.6 Å². The number of hydrogen-bond acceptors (Lipinski definition) is 6. The Morgan fingerprint density at radius 2 is 1.64 bits per heavy atom. The van der Waals surface area contributed by atoms with Crippen LogP contribution in [0.5, 0.6) is 0 Å². The highest BCUT2D eigenvalue weighted by Crippen LogP contribution is 2.38. The third-order valence-corrected chi connectivity index (χ3v) is 12.9. The van der Waals surface area contributed by atoms with E-state index >= 15 is 0 Å². The first kappa shape index (κ1) is 28.4. The smallest absolute Gasteiger partial charge is 0.327 e. The van der Waals surface area contributed by atoms with Crippen molar-refractivity contribution in [2.24, 2.45) is 0 Å². The number of thioether (sulfide) groups is 1. The number of amides is 1. The molecule has 1 aliphatic rings. The fourth-order valence-electron chi connectivity index (χ4n) is 3.96. The van der Waals surface area contributed by atoms with Gasteiger partial charge in [0, 0.05) is 5.69 Å². The number of nitrogens with one attached hydrogen (secondary N) is 2. The van der Waals surface area contributed by atoms with Crippen LogP contribution in [0.1, 0.15) is 50.8 Å². The number of benzene rings is 2. The Balaban J connectivity index is 1.86. The zero-order valence-corrected chi connectivity index (χ0v) is 24.2. The van der Waals surface area contributed by atoms with E-state index in [4.69, 9.17) is 9.16 Å². The molecule has 2 N–H and O–H groups in total. The highest BCUT2D eigenvalue weighted by Gasteiger charge is 2.43. The van der Waals surface area contributed by atoms with E-state index in [9.17, 15) is 9.59 Å². The summed E-state index contributed by atoms with van der Waals surface area (Å²) in [5.41, 5.74) is 1.57. The van der Waals surface area contributed by atoms with E-state index in [1.807, 2.05) is 66.4 Å².